The normalized spacial score (nSPS) is 39.2. The van der Waals surface area contributed by atoms with E-state index >= 15 is 0 Å². The molecule has 0 aromatic rings. The molecule has 0 amide bonds. The zero-order chi connectivity index (χ0) is 10.2. The molecule has 0 bridgehead atoms. The number of halogens is 1. The summed E-state index contributed by atoms with van der Waals surface area (Å²) in [5, 5.41) is 27.7. The van der Waals surface area contributed by atoms with Gasteiger partial charge >= 0.3 is 0 Å². The van der Waals surface area contributed by atoms with Crippen molar-refractivity contribution in [1.29, 1.82) is 0 Å². The Hall–Kier alpha value is 0.0600. The summed E-state index contributed by atoms with van der Waals surface area (Å²) in [6.07, 6.45) is -4.31. The quantitative estimate of drug-likeness (QED) is 0.620. The fourth-order valence-electron chi connectivity index (χ4n) is 1.15. The molecule has 1 aliphatic heterocycles. The lowest BCUT2D eigenvalue weighted by Crippen LogP contribution is -2.32. The average Bonchev–Trinajstić information content (AvgIpc) is 2.31. The van der Waals surface area contributed by atoms with Crippen LogP contribution in [0.15, 0.2) is 10.1 Å². The molecule has 13 heavy (non-hydrogen) atoms. The SMILES string of the molecule is CC(C)=C(Br)[C@H]1OC(O)[C@H](O)[C@@H]1O. The van der Waals surface area contributed by atoms with Crippen LogP contribution in [-0.4, -0.2) is 39.9 Å². The largest absolute Gasteiger partial charge is 0.387 e. The van der Waals surface area contributed by atoms with Crippen molar-refractivity contribution in [3.8, 4) is 0 Å². The highest BCUT2D eigenvalue weighted by molar-refractivity contribution is 9.11. The van der Waals surface area contributed by atoms with Gasteiger partial charge < -0.3 is 20.1 Å². The first-order valence-electron chi connectivity index (χ1n) is 3.97. The highest BCUT2D eigenvalue weighted by Crippen LogP contribution is 2.30. The fraction of sp³-hybridized carbons (Fsp3) is 0.750. The Morgan fingerprint density at radius 2 is 1.69 bits per heavy atom. The van der Waals surface area contributed by atoms with Gasteiger partial charge in [0.05, 0.1) is 0 Å². The molecule has 1 heterocycles. The molecule has 1 rings (SSSR count). The lowest BCUT2D eigenvalue weighted by molar-refractivity contribution is -0.120. The van der Waals surface area contributed by atoms with Crippen LogP contribution in [0.25, 0.3) is 0 Å². The van der Waals surface area contributed by atoms with E-state index in [1.165, 1.54) is 0 Å². The van der Waals surface area contributed by atoms with Crippen LogP contribution in [-0.2, 0) is 4.74 Å². The molecule has 0 saturated carbocycles. The van der Waals surface area contributed by atoms with Crippen LogP contribution in [0, 0.1) is 0 Å². The van der Waals surface area contributed by atoms with Gasteiger partial charge in [0, 0.05) is 4.48 Å². The molecule has 76 valence electrons. The number of aliphatic hydroxyl groups excluding tert-OH is 3. The van der Waals surface area contributed by atoms with Crippen LogP contribution in [0.4, 0.5) is 0 Å². The molecule has 5 heteroatoms. The average molecular weight is 253 g/mol. The van der Waals surface area contributed by atoms with Gasteiger partial charge in [-0.2, -0.15) is 0 Å². The monoisotopic (exact) mass is 252 g/mol. The van der Waals surface area contributed by atoms with Gasteiger partial charge in [-0.05, 0) is 13.8 Å². The van der Waals surface area contributed by atoms with E-state index in [0.717, 1.165) is 5.57 Å². The van der Waals surface area contributed by atoms with E-state index < -0.39 is 24.6 Å². The van der Waals surface area contributed by atoms with E-state index in [2.05, 4.69) is 15.9 Å². The summed E-state index contributed by atoms with van der Waals surface area (Å²) in [6, 6.07) is 0. The number of aliphatic hydroxyl groups is 3. The molecule has 0 aliphatic carbocycles. The second-order valence-corrected chi connectivity index (χ2v) is 4.13. The smallest absolute Gasteiger partial charge is 0.184 e. The van der Waals surface area contributed by atoms with Gasteiger partial charge in [0.1, 0.15) is 18.3 Å². The minimum atomic E-state index is -1.31. The van der Waals surface area contributed by atoms with E-state index in [1.807, 2.05) is 13.8 Å². The van der Waals surface area contributed by atoms with Crippen LogP contribution in [0.2, 0.25) is 0 Å². The Labute approximate surface area is 85.0 Å². The van der Waals surface area contributed by atoms with Crippen LogP contribution in [0.5, 0.6) is 0 Å². The van der Waals surface area contributed by atoms with Crippen LogP contribution in [0.1, 0.15) is 13.8 Å². The van der Waals surface area contributed by atoms with Crippen LogP contribution >= 0.6 is 15.9 Å². The standard InChI is InChI=1S/C8H13BrO4/c1-3(2)4(9)7-5(10)6(11)8(12)13-7/h5-8,10-12H,1-2H3/t5-,6+,7+,8?/m0/s1. The number of hydrogen-bond acceptors (Lipinski definition) is 4. The summed E-state index contributed by atoms with van der Waals surface area (Å²) < 4.78 is 5.62. The summed E-state index contributed by atoms with van der Waals surface area (Å²) in [6.45, 7) is 3.69. The maximum absolute atomic E-state index is 9.45. The second kappa shape index (κ2) is 4.06. The van der Waals surface area contributed by atoms with Crippen LogP contribution in [0.3, 0.4) is 0 Å². The summed E-state index contributed by atoms with van der Waals surface area (Å²) >= 11 is 3.24. The summed E-state index contributed by atoms with van der Waals surface area (Å²) in [5.41, 5.74) is 0.936. The first-order valence-corrected chi connectivity index (χ1v) is 4.77. The zero-order valence-electron chi connectivity index (χ0n) is 7.44. The topological polar surface area (TPSA) is 69.9 Å². The van der Waals surface area contributed by atoms with Gasteiger partial charge in [-0.15, -0.1) is 0 Å². The van der Waals surface area contributed by atoms with Crippen molar-refractivity contribution in [2.24, 2.45) is 0 Å². The van der Waals surface area contributed by atoms with Gasteiger partial charge in [-0.25, -0.2) is 0 Å². The van der Waals surface area contributed by atoms with Crippen molar-refractivity contribution in [2.45, 2.75) is 38.4 Å². The van der Waals surface area contributed by atoms with Crippen molar-refractivity contribution < 1.29 is 20.1 Å². The number of hydrogen-bond donors (Lipinski definition) is 3. The molecule has 3 N–H and O–H groups in total. The minimum absolute atomic E-state index is 0.663. The lowest BCUT2D eigenvalue weighted by Gasteiger charge is -2.14. The maximum Gasteiger partial charge on any atom is 0.184 e. The number of ether oxygens (including phenoxy) is 1. The van der Waals surface area contributed by atoms with Gasteiger partial charge in [-0.3, -0.25) is 0 Å². The van der Waals surface area contributed by atoms with Crippen LogP contribution < -0.4 is 0 Å². The molecule has 0 aromatic carbocycles. The summed E-state index contributed by atoms with van der Waals surface area (Å²) in [7, 11) is 0. The number of allylic oxidation sites excluding steroid dienone is 1. The highest BCUT2D eigenvalue weighted by Gasteiger charge is 2.43. The van der Waals surface area contributed by atoms with Gasteiger partial charge in [0.2, 0.25) is 0 Å². The third-order valence-electron chi connectivity index (χ3n) is 1.97. The van der Waals surface area contributed by atoms with E-state index in [1.54, 1.807) is 0 Å². The summed E-state index contributed by atoms with van der Waals surface area (Å²) in [5.74, 6) is 0. The van der Waals surface area contributed by atoms with Crippen molar-refractivity contribution >= 4 is 15.9 Å². The third kappa shape index (κ3) is 2.11. The zero-order valence-corrected chi connectivity index (χ0v) is 9.02. The van der Waals surface area contributed by atoms with Crippen molar-refractivity contribution in [3.63, 3.8) is 0 Å². The highest BCUT2D eigenvalue weighted by atomic mass is 79.9. The molecular weight excluding hydrogens is 240 g/mol. The molecule has 4 atom stereocenters. The fourth-order valence-corrected chi connectivity index (χ4v) is 1.53. The molecule has 1 unspecified atom stereocenters. The Bertz CT molecular complexity index is 224. The molecule has 0 radical (unpaired) electrons. The molecule has 0 spiro atoms. The summed E-state index contributed by atoms with van der Waals surface area (Å²) in [4.78, 5) is 0. The molecule has 0 aromatic heterocycles. The Balaban J connectivity index is 2.80. The van der Waals surface area contributed by atoms with E-state index in [9.17, 15) is 10.2 Å². The first-order chi connectivity index (χ1) is 5.95. The molecular formula is C8H13BrO4. The molecule has 1 fully saturated rings. The Morgan fingerprint density at radius 3 is 2.00 bits per heavy atom. The van der Waals surface area contributed by atoms with Crippen molar-refractivity contribution in [3.05, 3.63) is 10.1 Å². The van der Waals surface area contributed by atoms with Gasteiger partial charge in [0.25, 0.3) is 0 Å². The van der Waals surface area contributed by atoms with E-state index in [4.69, 9.17) is 9.84 Å². The van der Waals surface area contributed by atoms with Crippen molar-refractivity contribution in [2.75, 3.05) is 0 Å². The van der Waals surface area contributed by atoms with Crippen molar-refractivity contribution in [1.82, 2.24) is 0 Å². The van der Waals surface area contributed by atoms with Gasteiger partial charge in [0.15, 0.2) is 6.29 Å². The Morgan fingerprint density at radius 1 is 1.15 bits per heavy atom. The first kappa shape index (κ1) is 11.1. The Kier molecular flexibility index (Phi) is 3.48. The molecule has 1 saturated heterocycles. The maximum atomic E-state index is 9.45. The lowest BCUT2D eigenvalue weighted by atomic mass is 10.1. The minimum Gasteiger partial charge on any atom is -0.387 e. The predicted octanol–water partition coefficient (Wildman–Crippen LogP) is 0.114. The third-order valence-corrected chi connectivity index (χ3v) is 3.21. The molecule has 1 aliphatic rings. The van der Waals surface area contributed by atoms with Gasteiger partial charge in [-0.1, -0.05) is 21.5 Å². The molecule has 4 nitrogen and oxygen atoms in total. The van der Waals surface area contributed by atoms with E-state index in [-0.39, 0.29) is 0 Å². The van der Waals surface area contributed by atoms with E-state index in [0.29, 0.717) is 4.48 Å². The second-order valence-electron chi connectivity index (χ2n) is 3.28. The number of rotatable bonds is 1. The predicted molar refractivity (Wildman–Crippen MR) is 50.2 cm³/mol.